The quantitative estimate of drug-likeness (QED) is 0.806. The zero-order valence-corrected chi connectivity index (χ0v) is 16.1. The van der Waals surface area contributed by atoms with Gasteiger partial charge in [-0.2, -0.15) is 0 Å². The number of benzene rings is 1. The molecule has 0 saturated heterocycles. The van der Waals surface area contributed by atoms with Gasteiger partial charge in [0.05, 0.1) is 15.8 Å². The molecule has 1 aromatic carbocycles. The van der Waals surface area contributed by atoms with Crippen LogP contribution in [-0.2, 0) is 10.2 Å². The van der Waals surface area contributed by atoms with Gasteiger partial charge in [0, 0.05) is 17.7 Å². The molecule has 1 aliphatic carbocycles. The SMILES string of the molecule is CCC1(c2cccc(C)c2)C2=C(CC(C)(C)CC2=O)Nc2ncsc21. The highest BCUT2D eigenvalue weighted by atomic mass is 32.1. The Morgan fingerprint density at radius 2 is 2.08 bits per heavy atom. The Kier molecular flexibility index (Phi) is 3.66. The molecule has 0 saturated carbocycles. The molecule has 130 valence electrons. The zero-order valence-electron chi connectivity index (χ0n) is 15.3. The Morgan fingerprint density at radius 1 is 1.28 bits per heavy atom. The van der Waals surface area contributed by atoms with Gasteiger partial charge in [-0.25, -0.2) is 4.98 Å². The third-order valence-corrected chi connectivity index (χ3v) is 6.56. The number of anilines is 1. The van der Waals surface area contributed by atoms with Crippen LogP contribution in [0.4, 0.5) is 5.82 Å². The Balaban J connectivity index is 2.04. The van der Waals surface area contributed by atoms with Crippen LogP contribution in [0.1, 0.15) is 56.0 Å². The van der Waals surface area contributed by atoms with E-state index in [-0.39, 0.29) is 16.6 Å². The summed E-state index contributed by atoms with van der Waals surface area (Å²) in [5.74, 6) is 1.21. The summed E-state index contributed by atoms with van der Waals surface area (Å²) in [5.41, 5.74) is 5.98. The van der Waals surface area contributed by atoms with E-state index >= 15 is 0 Å². The summed E-state index contributed by atoms with van der Waals surface area (Å²) in [7, 11) is 0. The molecule has 25 heavy (non-hydrogen) atoms. The van der Waals surface area contributed by atoms with Crippen molar-refractivity contribution in [2.75, 3.05) is 5.32 Å². The van der Waals surface area contributed by atoms with Crippen LogP contribution in [-0.4, -0.2) is 10.8 Å². The number of hydrogen-bond donors (Lipinski definition) is 1. The third kappa shape index (κ3) is 2.38. The highest BCUT2D eigenvalue weighted by Gasteiger charge is 2.50. The van der Waals surface area contributed by atoms with E-state index in [1.807, 2.05) is 5.51 Å². The van der Waals surface area contributed by atoms with Crippen molar-refractivity contribution in [3.8, 4) is 0 Å². The number of carbonyl (C=O) groups excluding carboxylic acids is 1. The largest absolute Gasteiger partial charge is 0.342 e. The Labute approximate surface area is 153 Å². The summed E-state index contributed by atoms with van der Waals surface area (Å²) in [5, 5.41) is 3.50. The molecule has 0 radical (unpaired) electrons. The average Bonchev–Trinajstić information content (AvgIpc) is 3.00. The van der Waals surface area contributed by atoms with Gasteiger partial charge < -0.3 is 5.32 Å². The molecule has 4 rings (SSSR count). The fraction of sp³-hybridized carbons (Fsp3) is 0.429. The number of aryl methyl sites for hydroxylation is 1. The molecule has 0 amide bonds. The first-order chi connectivity index (χ1) is 11.9. The van der Waals surface area contributed by atoms with Gasteiger partial charge in [-0.3, -0.25) is 4.79 Å². The molecule has 0 fully saturated rings. The van der Waals surface area contributed by atoms with Crippen LogP contribution in [0.25, 0.3) is 0 Å². The minimum absolute atomic E-state index is 0.0114. The molecule has 4 heteroatoms. The fourth-order valence-corrected chi connectivity index (χ4v) is 5.59. The second kappa shape index (κ2) is 5.53. The number of allylic oxidation sites excluding steroid dienone is 2. The van der Waals surface area contributed by atoms with E-state index in [1.165, 1.54) is 16.0 Å². The number of nitrogens with zero attached hydrogens (tertiary/aromatic N) is 1. The van der Waals surface area contributed by atoms with Gasteiger partial charge in [-0.15, -0.1) is 11.3 Å². The number of ketones is 1. The molecule has 1 unspecified atom stereocenters. The second-order valence-electron chi connectivity index (χ2n) is 8.08. The lowest BCUT2D eigenvalue weighted by Crippen LogP contribution is -2.43. The van der Waals surface area contributed by atoms with Crippen LogP contribution in [0.15, 0.2) is 41.0 Å². The van der Waals surface area contributed by atoms with Crippen molar-refractivity contribution >= 4 is 22.9 Å². The van der Waals surface area contributed by atoms with E-state index in [1.54, 1.807) is 11.3 Å². The van der Waals surface area contributed by atoms with Crippen LogP contribution in [0, 0.1) is 12.3 Å². The van der Waals surface area contributed by atoms with Crippen molar-refractivity contribution < 1.29 is 4.79 Å². The summed E-state index contributed by atoms with van der Waals surface area (Å²) in [6, 6.07) is 8.61. The molecule has 0 spiro atoms. The number of carbonyl (C=O) groups is 1. The second-order valence-corrected chi connectivity index (χ2v) is 8.93. The summed E-state index contributed by atoms with van der Waals surface area (Å²) in [6.45, 7) is 8.65. The molecule has 3 nitrogen and oxygen atoms in total. The Morgan fingerprint density at radius 3 is 2.80 bits per heavy atom. The number of Topliss-reactive ketones (excluding diaryl/α,β-unsaturated/α-hetero) is 1. The molecule has 2 aliphatic rings. The van der Waals surface area contributed by atoms with Crippen LogP contribution < -0.4 is 5.32 Å². The van der Waals surface area contributed by atoms with Crippen molar-refractivity contribution in [3.63, 3.8) is 0 Å². The summed E-state index contributed by atoms with van der Waals surface area (Å²) in [4.78, 5) is 19.0. The molecule has 1 atom stereocenters. The smallest absolute Gasteiger partial charge is 0.162 e. The van der Waals surface area contributed by atoms with Gasteiger partial charge in [0.1, 0.15) is 5.82 Å². The van der Waals surface area contributed by atoms with E-state index in [0.29, 0.717) is 6.42 Å². The van der Waals surface area contributed by atoms with Crippen molar-refractivity contribution in [2.45, 2.75) is 52.4 Å². The van der Waals surface area contributed by atoms with Crippen molar-refractivity contribution in [1.82, 2.24) is 4.98 Å². The number of hydrogen-bond acceptors (Lipinski definition) is 4. The maximum Gasteiger partial charge on any atom is 0.162 e. The van der Waals surface area contributed by atoms with E-state index < -0.39 is 0 Å². The van der Waals surface area contributed by atoms with Crippen molar-refractivity contribution in [3.05, 3.63) is 57.1 Å². The number of aromatic nitrogens is 1. The highest BCUT2D eigenvalue weighted by Crippen LogP contribution is 2.55. The lowest BCUT2D eigenvalue weighted by atomic mass is 9.62. The molecule has 1 aromatic heterocycles. The molecular weight excluding hydrogens is 328 g/mol. The van der Waals surface area contributed by atoms with E-state index in [9.17, 15) is 4.79 Å². The van der Waals surface area contributed by atoms with Crippen LogP contribution in [0.5, 0.6) is 0 Å². The molecule has 2 heterocycles. The first-order valence-electron chi connectivity index (χ1n) is 8.92. The molecular formula is C21H24N2OS. The van der Waals surface area contributed by atoms with Gasteiger partial charge in [-0.05, 0) is 30.7 Å². The third-order valence-electron chi connectivity index (χ3n) is 5.57. The molecule has 1 N–H and O–H groups in total. The topological polar surface area (TPSA) is 42.0 Å². The summed E-state index contributed by atoms with van der Waals surface area (Å²) < 4.78 is 0. The van der Waals surface area contributed by atoms with Gasteiger partial charge >= 0.3 is 0 Å². The molecule has 2 aromatic rings. The maximum absolute atomic E-state index is 13.3. The fourth-order valence-electron chi connectivity index (χ4n) is 4.54. The van der Waals surface area contributed by atoms with Gasteiger partial charge in [0.15, 0.2) is 5.78 Å². The van der Waals surface area contributed by atoms with Gasteiger partial charge in [0.2, 0.25) is 0 Å². The van der Waals surface area contributed by atoms with Crippen molar-refractivity contribution in [2.24, 2.45) is 5.41 Å². The normalized spacial score (nSPS) is 24.6. The number of nitrogens with one attached hydrogen (secondary N) is 1. The van der Waals surface area contributed by atoms with Crippen LogP contribution in [0.2, 0.25) is 0 Å². The Bertz CT molecular complexity index is 893. The van der Waals surface area contributed by atoms with E-state index in [2.05, 4.69) is 62.3 Å². The number of fused-ring (bicyclic) bond motifs is 1. The zero-order chi connectivity index (χ0) is 17.8. The average molecular weight is 353 g/mol. The number of rotatable bonds is 2. The standard InChI is InChI=1S/C21H24N2OS/c1-5-21(14-8-6-7-13(2)9-14)17-15(10-20(3,4)11-16(17)24)23-19-18(21)25-12-22-19/h6-9,12,23H,5,10-11H2,1-4H3. The molecule has 0 bridgehead atoms. The van der Waals surface area contributed by atoms with E-state index in [0.717, 1.165) is 29.9 Å². The number of thiazole rings is 1. The maximum atomic E-state index is 13.3. The monoisotopic (exact) mass is 352 g/mol. The summed E-state index contributed by atoms with van der Waals surface area (Å²) >= 11 is 1.66. The highest BCUT2D eigenvalue weighted by molar-refractivity contribution is 7.10. The first-order valence-corrected chi connectivity index (χ1v) is 9.80. The molecule has 1 aliphatic heterocycles. The van der Waals surface area contributed by atoms with Crippen molar-refractivity contribution in [1.29, 1.82) is 0 Å². The minimum Gasteiger partial charge on any atom is -0.342 e. The van der Waals surface area contributed by atoms with Crippen LogP contribution in [0.3, 0.4) is 0 Å². The lowest BCUT2D eigenvalue weighted by molar-refractivity contribution is -0.118. The van der Waals surface area contributed by atoms with Gasteiger partial charge in [-0.1, -0.05) is 50.6 Å². The first kappa shape index (κ1) is 16.5. The predicted molar refractivity (Wildman–Crippen MR) is 103 cm³/mol. The van der Waals surface area contributed by atoms with Gasteiger partial charge in [0.25, 0.3) is 0 Å². The van der Waals surface area contributed by atoms with E-state index in [4.69, 9.17) is 0 Å². The predicted octanol–water partition coefficient (Wildman–Crippen LogP) is 5.22. The minimum atomic E-state index is -0.378. The lowest BCUT2D eigenvalue weighted by Gasteiger charge is -2.44. The summed E-state index contributed by atoms with van der Waals surface area (Å²) in [6.07, 6.45) is 2.35. The van der Waals surface area contributed by atoms with Crippen LogP contribution >= 0.6 is 11.3 Å². The Hall–Kier alpha value is -1.94.